The monoisotopic (exact) mass is 442 g/mol. The lowest BCUT2D eigenvalue weighted by Crippen LogP contribution is -2.38. The number of anilines is 1. The highest BCUT2D eigenvalue weighted by Crippen LogP contribution is 2.29. The molecule has 1 unspecified atom stereocenters. The molecule has 0 aromatic heterocycles. The highest BCUT2D eigenvalue weighted by molar-refractivity contribution is 7.89. The molecule has 162 valence electrons. The number of rotatable bonds is 5. The van der Waals surface area contributed by atoms with Gasteiger partial charge in [-0.3, -0.25) is 4.79 Å². The van der Waals surface area contributed by atoms with Crippen LogP contribution in [0, 0.1) is 11.6 Å². The van der Waals surface area contributed by atoms with Gasteiger partial charge in [-0.2, -0.15) is 4.31 Å². The van der Waals surface area contributed by atoms with E-state index in [-0.39, 0.29) is 48.2 Å². The average molecular weight is 442 g/mol. The van der Waals surface area contributed by atoms with Crippen molar-refractivity contribution in [3.05, 3.63) is 53.6 Å². The maximum Gasteiger partial charge on any atom is 0.255 e. The summed E-state index contributed by atoms with van der Waals surface area (Å²) in [4.78, 5) is 12.3. The normalized spacial score (nSPS) is 17.9. The Hall–Kier alpha value is -2.60. The van der Waals surface area contributed by atoms with Crippen LogP contribution in [0.4, 0.5) is 14.5 Å². The Labute approximate surface area is 172 Å². The predicted octanol–water partition coefficient (Wildman–Crippen LogP) is 1.61. The molecule has 0 radical (unpaired) electrons. The molecule has 3 rings (SSSR count). The Bertz CT molecular complexity index is 1050. The number of ether oxygens (including phenoxy) is 2. The summed E-state index contributed by atoms with van der Waals surface area (Å²) < 4.78 is 64.1. The number of hydrogen-bond acceptors (Lipinski definition) is 6. The summed E-state index contributed by atoms with van der Waals surface area (Å²) in [6.45, 7) is -0.0284. The van der Waals surface area contributed by atoms with Gasteiger partial charge in [0.15, 0.2) is 11.6 Å². The van der Waals surface area contributed by atoms with Gasteiger partial charge in [0.1, 0.15) is 10.6 Å². The van der Waals surface area contributed by atoms with E-state index in [0.29, 0.717) is 0 Å². The lowest BCUT2D eigenvalue weighted by atomic mass is 10.2. The molecule has 1 heterocycles. The summed E-state index contributed by atoms with van der Waals surface area (Å²) in [6.07, 6.45) is -0.992. The number of aliphatic hydroxyl groups excluding tert-OH is 1. The van der Waals surface area contributed by atoms with E-state index >= 15 is 0 Å². The van der Waals surface area contributed by atoms with Crippen molar-refractivity contribution in [1.82, 2.24) is 4.31 Å². The van der Waals surface area contributed by atoms with Crippen LogP contribution in [0.5, 0.6) is 5.75 Å². The molecule has 1 aliphatic rings. The van der Waals surface area contributed by atoms with E-state index in [1.807, 2.05) is 0 Å². The van der Waals surface area contributed by atoms with Crippen LogP contribution in [-0.2, 0) is 14.8 Å². The standard InChI is InChI=1S/C19H20F2N2O6S/c1-28-17-5-2-12(19(25)22-13-3-4-15(20)16(21)9-13)8-18(17)30(26,27)23-6-7-29-11-14(24)10-23/h2-5,8-9,14,24H,6-7,10-11H2,1H3,(H,22,25). The number of methoxy groups -OCH3 is 1. The lowest BCUT2D eigenvalue weighted by Gasteiger charge is -2.22. The quantitative estimate of drug-likeness (QED) is 0.729. The number of amides is 1. The molecule has 2 N–H and O–H groups in total. The molecular formula is C19H20F2N2O6S. The average Bonchev–Trinajstić information content (AvgIpc) is 2.95. The van der Waals surface area contributed by atoms with Crippen LogP contribution < -0.4 is 10.1 Å². The van der Waals surface area contributed by atoms with Crippen LogP contribution in [0.3, 0.4) is 0 Å². The first-order valence-corrected chi connectivity index (χ1v) is 10.4. The van der Waals surface area contributed by atoms with Gasteiger partial charge in [-0.05, 0) is 30.3 Å². The van der Waals surface area contributed by atoms with Crippen LogP contribution in [0.15, 0.2) is 41.3 Å². The second-order valence-corrected chi connectivity index (χ2v) is 8.45. The van der Waals surface area contributed by atoms with Crippen LogP contribution in [0.2, 0.25) is 0 Å². The van der Waals surface area contributed by atoms with Crippen molar-refractivity contribution in [1.29, 1.82) is 0 Å². The van der Waals surface area contributed by atoms with Crippen molar-refractivity contribution in [2.24, 2.45) is 0 Å². The minimum atomic E-state index is -4.12. The van der Waals surface area contributed by atoms with E-state index in [9.17, 15) is 27.1 Å². The SMILES string of the molecule is COc1ccc(C(=O)Nc2ccc(F)c(F)c2)cc1S(=O)(=O)N1CCOCC(O)C1. The Morgan fingerprint density at radius 1 is 1.23 bits per heavy atom. The fourth-order valence-electron chi connectivity index (χ4n) is 2.92. The van der Waals surface area contributed by atoms with Crippen molar-refractivity contribution in [2.75, 3.05) is 38.7 Å². The Balaban J connectivity index is 1.92. The Morgan fingerprint density at radius 2 is 2.00 bits per heavy atom. The number of nitrogens with zero attached hydrogens (tertiary/aromatic N) is 1. The van der Waals surface area contributed by atoms with Crippen LogP contribution in [-0.4, -0.2) is 63.3 Å². The number of benzene rings is 2. The summed E-state index contributed by atoms with van der Waals surface area (Å²) in [5.74, 6) is -2.90. The Morgan fingerprint density at radius 3 is 2.70 bits per heavy atom. The van der Waals surface area contributed by atoms with E-state index in [1.54, 1.807) is 0 Å². The highest BCUT2D eigenvalue weighted by Gasteiger charge is 2.31. The molecule has 0 aliphatic carbocycles. The van der Waals surface area contributed by atoms with E-state index in [0.717, 1.165) is 22.5 Å². The molecular weight excluding hydrogens is 422 g/mol. The molecule has 1 saturated heterocycles. The molecule has 2 aromatic rings. The van der Waals surface area contributed by atoms with Gasteiger partial charge in [-0.1, -0.05) is 0 Å². The second kappa shape index (κ2) is 9.04. The maximum atomic E-state index is 13.4. The van der Waals surface area contributed by atoms with Gasteiger partial charge < -0.3 is 19.9 Å². The first kappa shape index (κ1) is 22.1. The van der Waals surface area contributed by atoms with Gasteiger partial charge in [0.2, 0.25) is 10.0 Å². The third kappa shape index (κ3) is 4.75. The third-order valence-corrected chi connectivity index (χ3v) is 6.32. The number of halogens is 2. The summed E-state index contributed by atoms with van der Waals surface area (Å²) in [5, 5.41) is 12.2. The number of hydrogen-bond donors (Lipinski definition) is 2. The smallest absolute Gasteiger partial charge is 0.255 e. The largest absolute Gasteiger partial charge is 0.495 e. The summed E-state index contributed by atoms with van der Waals surface area (Å²) in [7, 11) is -2.84. The minimum absolute atomic E-state index is 0.00640. The number of nitrogens with one attached hydrogen (secondary N) is 1. The molecule has 30 heavy (non-hydrogen) atoms. The molecule has 1 atom stereocenters. The molecule has 8 nitrogen and oxygen atoms in total. The van der Waals surface area contributed by atoms with Gasteiger partial charge in [-0.25, -0.2) is 17.2 Å². The molecule has 0 bridgehead atoms. The summed E-state index contributed by atoms with van der Waals surface area (Å²) in [5.41, 5.74) is -0.0300. The maximum absolute atomic E-state index is 13.4. The van der Waals surface area contributed by atoms with E-state index < -0.39 is 33.7 Å². The van der Waals surface area contributed by atoms with Gasteiger partial charge in [0.05, 0.1) is 26.4 Å². The lowest BCUT2D eigenvalue weighted by molar-refractivity contribution is 0.0583. The number of β-amino-alcohol motifs (C(OH)–C–C–N with tert-alkyl or cyclic N) is 1. The Kier molecular flexibility index (Phi) is 6.66. The van der Waals surface area contributed by atoms with Crippen LogP contribution in [0.1, 0.15) is 10.4 Å². The second-order valence-electron chi connectivity index (χ2n) is 6.54. The molecule has 11 heteroatoms. The molecule has 1 amide bonds. The summed E-state index contributed by atoms with van der Waals surface area (Å²) >= 11 is 0. The van der Waals surface area contributed by atoms with Crippen molar-refractivity contribution in [3.8, 4) is 5.75 Å². The summed E-state index contributed by atoms with van der Waals surface area (Å²) in [6, 6.07) is 6.64. The first-order chi connectivity index (χ1) is 14.2. The number of carbonyl (C=O) groups is 1. The van der Waals surface area contributed by atoms with Gasteiger partial charge in [0, 0.05) is 30.4 Å². The number of sulfonamides is 1. The van der Waals surface area contributed by atoms with Gasteiger partial charge >= 0.3 is 0 Å². The van der Waals surface area contributed by atoms with Crippen LogP contribution >= 0.6 is 0 Å². The van der Waals surface area contributed by atoms with Crippen molar-refractivity contribution in [2.45, 2.75) is 11.0 Å². The zero-order chi connectivity index (χ0) is 21.9. The molecule has 0 spiro atoms. The zero-order valence-corrected chi connectivity index (χ0v) is 16.8. The molecule has 1 fully saturated rings. The fourth-order valence-corrected chi connectivity index (χ4v) is 4.56. The third-order valence-electron chi connectivity index (χ3n) is 4.43. The van der Waals surface area contributed by atoms with Crippen molar-refractivity contribution in [3.63, 3.8) is 0 Å². The van der Waals surface area contributed by atoms with Crippen molar-refractivity contribution >= 4 is 21.6 Å². The van der Waals surface area contributed by atoms with E-state index in [2.05, 4.69) is 5.32 Å². The number of carbonyl (C=O) groups excluding carboxylic acids is 1. The van der Waals surface area contributed by atoms with E-state index in [4.69, 9.17) is 9.47 Å². The molecule has 0 saturated carbocycles. The predicted molar refractivity (Wildman–Crippen MR) is 103 cm³/mol. The molecule has 1 aliphatic heterocycles. The number of aliphatic hydroxyl groups is 1. The molecule has 2 aromatic carbocycles. The zero-order valence-electron chi connectivity index (χ0n) is 16.0. The van der Waals surface area contributed by atoms with E-state index in [1.165, 1.54) is 25.3 Å². The highest BCUT2D eigenvalue weighted by atomic mass is 32.2. The first-order valence-electron chi connectivity index (χ1n) is 8.93. The van der Waals surface area contributed by atoms with Crippen LogP contribution in [0.25, 0.3) is 0 Å². The van der Waals surface area contributed by atoms with Crippen molar-refractivity contribution < 1.29 is 36.6 Å². The topological polar surface area (TPSA) is 105 Å². The fraction of sp³-hybridized carbons (Fsp3) is 0.316. The minimum Gasteiger partial charge on any atom is -0.495 e. The van der Waals surface area contributed by atoms with Gasteiger partial charge in [0.25, 0.3) is 5.91 Å². The van der Waals surface area contributed by atoms with Gasteiger partial charge in [-0.15, -0.1) is 0 Å².